The van der Waals surface area contributed by atoms with Crippen LogP contribution in [0.3, 0.4) is 0 Å². The third-order valence-corrected chi connectivity index (χ3v) is 3.22. The molecule has 0 bridgehead atoms. The lowest BCUT2D eigenvalue weighted by Crippen LogP contribution is -2.37. The molecule has 0 heterocycles. The van der Waals surface area contributed by atoms with Gasteiger partial charge >= 0.3 is 5.97 Å². The van der Waals surface area contributed by atoms with E-state index in [0.717, 1.165) is 6.42 Å². The number of carboxylic acid groups (broad SMARTS) is 1. The van der Waals surface area contributed by atoms with Gasteiger partial charge < -0.3 is 10.8 Å². The minimum Gasteiger partial charge on any atom is -0.480 e. The van der Waals surface area contributed by atoms with Crippen LogP contribution in [0, 0.1) is 0 Å². The summed E-state index contributed by atoms with van der Waals surface area (Å²) in [6.45, 7) is 0. The Morgan fingerprint density at radius 1 is 1.69 bits per heavy atom. The number of rotatable bonds is 3. The van der Waals surface area contributed by atoms with E-state index in [9.17, 15) is 4.79 Å². The summed E-state index contributed by atoms with van der Waals surface area (Å²) in [4.78, 5) is 10.5. The maximum atomic E-state index is 10.5. The number of carboxylic acids is 1. The van der Waals surface area contributed by atoms with E-state index in [-0.39, 0.29) is 3.42 Å². The second-order valence-corrected chi connectivity index (χ2v) is 5.32. The quantitative estimate of drug-likeness (QED) is 0.612. The summed E-state index contributed by atoms with van der Waals surface area (Å²) in [5.74, 6) is -0.931. The highest BCUT2D eigenvalue weighted by Crippen LogP contribution is 2.32. The van der Waals surface area contributed by atoms with E-state index in [1.165, 1.54) is 0 Å². The minimum absolute atomic E-state index is 0.121. The van der Waals surface area contributed by atoms with Crippen LogP contribution in [0.5, 0.6) is 0 Å². The molecule has 3 N–H and O–H groups in total. The van der Waals surface area contributed by atoms with Crippen molar-refractivity contribution in [1.82, 2.24) is 0 Å². The molecule has 2 atom stereocenters. The van der Waals surface area contributed by atoms with Crippen LogP contribution < -0.4 is 5.73 Å². The van der Waals surface area contributed by atoms with Gasteiger partial charge in [-0.2, -0.15) is 0 Å². The van der Waals surface area contributed by atoms with Gasteiger partial charge in [-0.1, -0.05) is 46.9 Å². The molecule has 0 saturated heterocycles. The van der Waals surface area contributed by atoms with Crippen molar-refractivity contribution in [2.24, 2.45) is 5.73 Å². The molecular weight excluding hydrogens is 281 g/mol. The highest BCUT2D eigenvalue weighted by atomic mass is 127. The Kier molecular flexibility index (Phi) is 3.49. The van der Waals surface area contributed by atoms with E-state index in [4.69, 9.17) is 10.8 Å². The van der Waals surface area contributed by atoms with Gasteiger partial charge in [-0.05, 0) is 12.8 Å². The van der Waals surface area contributed by atoms with Gasteiger partial charge in [0.1, 0.15) is 6.04 Å². The summed E-state index contributed by atoms with van der Waals surface area (Å²) in [6, 6.07) is -0.770. The van der Waals surface area contributed by atoms with Crippen molar-refractivity contribution in [3.63, 3.8) is 0 Å². The first-order valence-corrected chi connectivity index (χ1v) is 5.13. The van der Waals surface area contributed by atoms with Gasteiger partial charge in [-0.15, -0.1) is 0 Å². The van der Waals surface area contributed by atoms with Crippen molar-refractivity contribution in [3.8, 4) is 0 Å². The molecular formula is C9H12INO2. The zero-order chi connectivity index (χ0) is 9.90. The monoisotopic (exact) mass is 293 g/mol. The predicted octanol–water partition coefficient (Wildman–Crippen LogP) is 1.48. The molecule has 0 aromatic heterocycles. The van der Waals surface area contributed by atoms with Gasteiger partial charge in [-0.3, -0.25) is 4.79 Å². The molecule has 1 aliphatic carbocycles. The molecule has 0 fully saturated rings. The number of allylic oxidation sites excluding steroid dienone is 4. The van der Waals surface area contributed by atoms with E-state index in [1.54, 1.807) is 0 Å². The molecule has 1 aliphatic rings. The van der Waals surface area contributed by atoms with Crippen molar-refractivity contribution in [1.29, 1.82) is 0 Å². The van der Waals surface area contributed by atoms with Gasteiger partial charge in [0, 0.05) is 3.42 Å². The maximum absolute atomic E-state index is 10.5. The number of aliphatic carboxylic acids is 1. The van der Waals surface area contributed by atoms with Crippen molar-refractivity contribution in [2.75, 3.05) is 0 Å². The standard InChI is InChI=1S/C9H12INO2/c10-9(4-2-1-3-5-9)6-7(11)8(12)13/h1-4,7H,5-6,11H2,(H,12,13)/t7-,9?/m0/s1. The number of hydrogen-bond donors (Lipinski definition) is 2. The molecule has 0 amide bonds. The van der Waals surface area contributed by atoms with Crippen LogP contribution in [-0.4, -0.2) is 20.5 Å². The molecule has 4 heteroatoms. The normalized spacial score (nSPS) is 28.8. The molecule has 0 radical (unpaired) electrons. The van der Waals surface area contributed by atoms with E-state index in [1.807, 2.05) is 24.3 Å². The summed E-state index contributed by atoms with van der Waals surface area (Å²) in [5.41, 5.74) is 5.47. The number of nitrogens with two attached hydrogens (primary N) is 1. The molecule has 3 nitrogen and oxygen atoms in total. The predicted molar refractivity (Wildman–Crippen MR) is 59.9 cm³/mol. The lowest BCUT2D eigenvalue weighted by Gasteiger charge is -2.25. The Morgan fingerprint density at radius 2 is 2.38 bits per heavy atom. The number of halogens is 1. The van der Waals surface area contributed by atoms with Crippen LogP contribution in [0.15, 0.2) is 24.3 Å². The van der Waals surface area contributed by atoms with Crippen LogP contribution in [0.1, 0.15) is 12.8 Å². The molecule has 0 aromatic rings. The average molecular weight is 293 g/mol. The summed E-state index contributed by atoms with van der Waals surface area (Å²) in [5, 5.41) is 8.66. The largest absolute Gasteiger partial charge is 0.480 e. The lowest BCUT2D eigenvalue weighted by atomic mass is 9.93. The average Bonchev–Trinajstić information content (AvgIpc) is 2.04. The molecule has 13 heavy (non-hydrogen) atoms. The topological polar surface area (TPSA) is 63.3 Å². The van der Waals surface area contributed by atoms with Gasteiger partial charge in [0.05, 0.1) is 0 Å². The minimum atomic E-state index is -0.931. The molecule has 0 aliphatic heterocycles. The van der Waals surface area contributed by atoms with Crippen LogP contribution >= 0.6 is 22.6 Å². The van der Waals surface area contributed by atoms with Crippen LogP contribution in [0.2, 0.25) is 0 Å². The number of alkyl halides is 1. The van der Waals surface area contributed by atoms with Crippen LogP contribution in [0.25, 0.3) is 0 Å². The second-order valence-electron chi connectivity index (χ2n) is 3.17. The first kappa shape index (κ1) is 10.7. The number of hydrogen-bond acceptors (Lipinski definition) is 2. The van der Waals surface area contributed by atoms with Gasteiger partial charge in [0.2, 0.25) is 0 Å². The van der Waals surface area contributed by atoms with Crippen molar-refractivity contribution < 1.29 is 9.90 Å². The van der Waals surface area contributed by atoms with E-state index in [2.05, 4.69) is 22.6 Å². The van der Waals surface area contributed by atoms with Gasteiger partial charge in [0.15, 0.2) is 0 Å². The summed E-state index contributed by atoms with van der Waals surface area (Å²) in [7, 11) is 0. The number of carbonyl (C=O) groups is 1. The van der Waals surface area contributed by atoms with E-state index >= 15 is 0 Å². The van der Waals surface area contributed by atoms with E-state index in [0.29, 0.717) is 6.42 Å². The fourth-order valence-corrected chi connectivity index (χ4v) is 2.18. The van der Waals surface area contributed by atoms with E-state index < -0.39 is 12.0 Å². The first-order valence-electron chi connectivity index (χ1n) is 4.05. The molecule has 1 rings (SSSR count). The van der Waals surface area contributed by atoms with Crippen molar-refractivity contribution in [3.05, 3.63) is 24.3 Å². The van der Waals surface area contributed by atoms with Crippen molar-refractivity contribution >= 4 is 28.6 Å². The molecule has 0 aromatic carbocycles. The Labute approximate surface area is 90.8 Å². The van der Waals surface area contributed by atoms with Gasteiger partial charge in [0.25, 0.3) is 0 Å². The first-order chi connectivity index (χ1) is 6.03. The molecule has 72 valence electrons. The van der Waals surface area contributed by atoms with Crippen LogP contribution in [-0.2, 0) is 4.79 Å². The zero-order valence-corrected chi connectivity index (χ0v) is 9.27. The maximum Gasteiger partial charge on any atom is 0.320 e. The van der Waals surface area contributed by atoms with Crippen molar-refractivity contribution in [2.45, 2.75) is 22.3 Å². The highest BCUT2D eigenvalue weighted by Gasteiger charge is 2.28. The summed E-state index contributed by atoms with van der Waals surface area (Å²) in [6.07, 6.45) is 9.26. The summed E-state index contributed by atoms with van der Waals surface area (Å²) >= 11 is 2.26. The van der Waals surface area contributed by atoms with Crippen LogP contribution in [0.4, 0.5) is 0 Å². The second kappa shape index (κ2) is 4.23. The smallest absolute Gasteiger partial charge is 0.320 e. The fraction of sp³-hybridized carbons (Fsp3) is 0.444. The Hall–Kier alpha value is -0.360. The van der Waals surface area contributed by atoms with Gasteiger partial charge in [-0.25, -0.2) is 0 Å². The Balaban J connectivity index is 2.57. The summed E-state index contributed by atoms with van der Waals surface area (Å²) < 4.78 is -0.121. The third kappa shape index (κ3) is 3.11. The highest BCUT2D eigenvalue weighted by molar-refractivity contribution is 14.1. The SMILES string of the molecule is N[C@@H](CC1(I)C=CC=CC1)C(=O)O. The molecule has 0 saturated carbocycles. The Morgan fingerprint density at radius 3 is 2.85 bits per heavy atom. The third-order valence-electron chi connectivity index (χ3n) is 1.98. The molecule has 0 spiro atoms. The molecule has 1 unspecified atom stereocenters. The Bertz CT molecular complexity index is 262. The lowest BCUT2D eigenvalue weighted by molar-refractivity contribution is -0.138. The zero-order valence-electron chi connectivity index (χ0n) is 7.11. The fourth-order valence-electron chi connectivity index (χ4n) is 1.24.